The minimum Gasteiger partial charge on any atom is -0.478 e. The van der Waals surface area contributed by atoms with E-state index in [2.05, 4.69) is 10.3 Å². The number of anilines is 2. The highest BCUT2D eigenvalue weighted by atomic mass is 16.5. The van der Waals surface area contributed by atoms with Crippen LogP contribution in [0.3, 0.4) is 0 Å². The van der Waals surface area contributed by atoms with E-state index in [1.807, 2.05) is 91.0 Å². The number of nitrogens with zero attached hydrogens (tertiary/aromatic N) is 2. The Balaban J connectivity index is 1.72. The van der Waals surface area contributed by atoms with Crippen LogP contribution >= 0.6 is 0 Å². The van der Waals surface area contributed by atoms with E-state index in [0.717, 1.165) is 16.7 Å². The highest BCUT2D eigenvalue weighted by molar-refractivity contribution is 5.95. The lowest BCUT2D eigenvalue weighted by Crippen LogP contribution is -2.07. The van der Waals surface area contributed by atoms with Gasteiger partial charge in [0.1, 0.15) is 5.75 Å². The first kappa shape index (κ1) is 21.9. The Bertz CT molecular complexity index is 1460. The smallest absolute Gasteiger partial charge is 0.337 e. The maximum absolute atomic E-state index is 11.7. The van der Waals surface area contributed by atoms with Gasteiger partial charge < -0.3 is 15.2 Å². The zero-order valence-electron chi connectivity index (χ0n) is 18.6. The normalized spacial score (nSPS) is 10.5. The third kappa shape index (κ3) is 4.86. The van der Waals surface area contributed by atoms with Crippen LogP contribution in [0.5, 0.6) is 11.6 Å². The van der Waals surface area contributed by atoms with Gasteiger partial charge in [-0.15, -0.1) is 0 Å². The van der Waals surface area contributed by atoms with E-state index >= 15 is 0 Å². The molecule has 6 heteroatoms. The first-order valence-corrected chi connectivity index (χ1v) is 11.0. The number of carboxylic acid groups (broad SMARTS) is 1. The number of aromatic nitrogens is 2. The van der Waals surface area contributed by atoms with Crippen LogP contribution in [0, 0.1) is 0 Å². The van der Waals surface area contributed by atoms with Crippen molar-refractivity contribution in [2.24, 2.45) is 0 Å². The first-order valence-electron chi connectivity index (χ1n) is 11.0. The summed E-state index contributed by atoms with van der Waals surface area (Å²) < 4.78 is 6.27. The fourth-order valence-electron chi connectivity index (χ4n) is 3.74. The van der Waals surface area contributed by atoms with Crippen LogP contribution in [0.25, 0.3) is 22.4 Å². The van der Waals surface area contributed by atoms with Crippen LogP contribution in [0.4, 0.5) is 11.6 Å². The van der Waals surface area contributed by atoms with Crippen LogP contribution in [0.2, 0.25) is 0 Å². The van der Waals surface area contributed by atoms with Crippen molar-refractivity contribution in [1.29, 1.82) is 0 Å². The molecule has 0 saturated heterocycles. The quantitative estimate of drug-likeness (QED) is 0.271. The fourth-order valence-corrected chi connectivity index (χ4v) is 3.74. The predicted molar refractivity (Wildman–Crippen MR) is 136 cm³/mol. The van der Waals surface area contributed by atoms with Crippen molar-refractivity contribution >= 4 is 17.6 Å². The molecule has 5 rings (SSSR count). The van der Waals surface area contributed by atoms with Gasteiger partial charge in [-0.25, -0.2) is 9.78 Å². The van der Waals surface area contributed by atoms with Gasteiger partial charge in [-0.3, -0.25) is 0 Å². The number of aromatic carboxylic acids is 1. The number of benzene rings is 4. The SMILES string of the molecule is O=C(O)c1ccccc1Nc1nc(Oc2ccccc2)c(-c2ccccc2)c(-c2ccccc2)n1. The molecule has 35 heavy (non-hydrogen) atoms. The van der Waals surface area contributed by atoms with Crippen molar-refractivity contribution in [2.75, 3.05) is 5.32 Å². The number of rotatable bonds is 7. The highest BCUT2D eigenvalue weighted by Gasteiger charge is 2.21. The number of carboxylic acids is 1. The molecule has 6 nitrogen and oxygen atoms in total. The van der Waals surface area contributed by atoms with Gasteiger partial charge in [0, 0.05) is 5.56 Å². The summed E-state index contributed by atoms with van der Waals surface area (Å²) in [6.07, 6.45) is 0. The predicted octanol–water partition coefficient (Wildman–Crippen LogP) is 7.04. The molecule has 0 bridgehead atoms. The lowest BCUT2D eigenvalue weighted by atomic mass is 10.00. The summed E-state index contributed by atoms with van der Waals surface area (Å²) in [4.78, 5) is 21.3. The van der Waals surface area contributed by atoms with Gasteiger partial charge in [0.2, 0.25) is 11.8 Å². The molecule has 0 spiro atoms. The molecular weight excluding hydrogens is 438 g/mol. The zero-order chi connectivity index (χ0) is 24.0. The van der Waals surface area contributed by atoms with Gasteiger partial charge in [0.15, 0.2) is 0 Å². The summed E-state index contributed by atoms with van der Waals surface area (Å²) in [5.74, 6) is 0.159. The second kappa shape index (κ2) is 9.89. The third-order valence-electron chi connectivity index (χ3n) is 5.35. The Kier molecular flexibility index (Phi) is 6.17. The van der Waals surface area contributed by atoms with E-state index in [1.165, 1.54) is 6.07 Å². The Hall–Kier alpha value is -4.97. The lowest BCUT2D eigenvalue weighted by molar-refractivity contribution is 0.0698. The molecule has 170 valence electrons. The Morgan fingerprint density at radius 2 is 1.26 bits per heavy atom. The van der Waals surface area contributed by atoms with Crippen LogP contribution in [-0.2, 0) is 0 Å². The van der Waals surface area contributed by atoms with Gasteiger partial charge in [0.25, 0.3) is 0 Å². The van der Waals surface area contributed by atoms with Gasteiger partial charge in [-0.1, -0.05) is 91.0 Å². The van der Waals surface area contributed by atoms with E-state index in [9.17, 15) is 9.90 Å². The summed E-state index contributed by atoms with van der Waals surface area (Å²) in [5.41, 5.74) is 3.67. The Labute approximate surface area is 202 Å². The van der Waals surface area contributed by atoms with Crippen LogP contribution in [0.1, 0.15) is 10.4 Å². The number of ether oxygens (including phenoxy) is 1. The molecule has 4 aromatic carbocycles. The van der Waals surface area contributed by atoms with Crippen molar-refractivity contribution in [3.8, 4) is 34.0 Å². The maximum Gasteiger partial charge on any atom is 0.337 e. The van der Waals surface area contributed by atoms with Crippen LogP contribution in [-0.4, -0.2) is 21.0 Å². The molecular formula is C29H21N3O3. The molecule has 1 heterocycles. The molecule has 5 aromatic rings. The summed E-state index contributed by atoms with van der Waals surface area (Å²) in [6.45, 7) is 0. The topological polar surface area (TPSA) is 84.3 Å². The second-order valence-corrected chi connectivity index (χ2v) is 7.70. The van der Waals surface area contributed by atoms with Gasteiger partial charge in [0.05, 0.1) is 22.5 Å². The monoisotopic (exact) mass is 459 g/mol. The van der Waals surface area contributed by atoms with Gasteiger partial charge in [-0.05, 0) is 29.8 Å². The molecule has 0 aliphatic heterocycles. The number of nitrogens with one attached hydrogen (secondary N) is 1. The van der Waals surface area contributed by atoms with Gasteiger partial charge >= 0.3 is 5.97 Å². The maximum atomic E-state index is 11.7. The van der Waals surface area contributed by atoms with E-state index < -0.39 is 5.97 Å². The fraction of sp³-hybridized carbons (Fsp3) is 0. The number of para-hydroxylation sites is 2. The molecule has 1 aromatic heterocycles. The minimum absolute atomic E-state index is 0.120. The van der Waals surface area contributed by atoms with E-state index in [-0.39, 0.29) is 11.5 Å². The molecule has 0 atom stereocenters. The average Bonchev–Trinajstić information content (AvgIpc) is 2.90. The van der Waals surface area contributed by atoms with Gasteiger partial charge in [-0.2, -0.15) is 4.98 Å². The van der Waals surface area contributed by atoms with Crippen molar-refractivity contribution in [2.45, 2.75) is 0 Å². The number of hydrogen-bond acceptors (Lipinski definition) is 5. The third-order valence-corrected chi connectivity index (χ3v) is 5.35. The Morgan fingerprint density at radius 3 is 1.91 bits per heavy atom. The summed E-state index contributed by atoms with van der Waals surface area (Å²) in [7, 11) is 0. The largest absolute Gasteiger partial charge is 0.478 e. The molecule has 0 aliphatic carbocycles. The second-order valence-electron chi connectivity index (χ2n) is 7.70. The Morgan fingerprint density at radius 1 is 0.686 bits per heavy atom. The molecule has 0 radical (unpaired) electrons. The first-order chi connectivity index (χ1) is 17.2. The van der Waals surface area contributed by atoms with Crippen molar-refractivity contribution in [3.05, 3.63) is 121 Å². The zero-order valence-corrected chi connectivity index (χ0v) is 18.6. The van der Waals surface area contributed by atoms with Crippen molar-refractivity contribution < 1.29 is 14.6 Å². The lowest BCUT2D eigenvalue weighted by Gasteiger charge is -2.17. The molecule has 2 N–H and O–H groups in total. The van der Waals surface area contributed by atoms with E-state index in [4.69, 9.17) is 9.72 Å². The van der Waals surface area contributed by atoms with E-state index in [1.54, 1.807) is 18.2 Å². The van der Waals surface area contributed by atoms with Crippen LogP contribution in [0.15, 0.2) is 115 Å². The molecule has 0 aliphatic rings. The average molecular weight is 460 g/mol. The molecule has 0 saturated carbocycles. The standard InChI is InChI=1S/C29H21N3O3/c33-28(34)23-18-10-11-19-24(23)30-29-31-26(21-14-6-2-7-15-21)25(20-12-4-1-5-13-20)27(32-29)35-22-16-8-3-9-17-22/h1-19H,(H,33,34)(H,30,31,32). The summed E-state index contributed by atoms with van der Waals surface area (Å²) in [5, 5.41) is 12.7. The highest BCUT2D eigenvalue weighted by Crippen LogP contribution is 2.40. The van der Waals surface area contributed by atoms with Crippen molar-refractivity contribution in [3.63, 3.8) is 0 Å². The molecule has 0 amide bonds. The van der Waals surface area contributed by atoms with Crippen molar-refractivity contribution in [1.82, 2.24) is 9.97 Å². The molecule has 0 unspecified atom stereocenters. The van der Waals surface area contributed by atoms with E-state index in [0.29, 0.717) is 23.0 Å². The minimum atomic E-state index is -1.04. The number of carbonyl (C=O) groups is 1. The van der Waals surface area contributed by atoms with Crippen LogP contribution < -0.4 is 10.1 Å². The number of hydrogen-bond donors (Lipinski definition) is 2. The molecule has 0 fully saturated rings. The summed E-state index contributed by atoms with van der Waals surface area (Å²) in [6, 6.07) is 35.6. The summed E-state index contributed by atoms with van der Waals surface area (Å²) >= 11 is 0.